The second kappa shape index (κ2) is 27.0. The molecule has 75 heavy (non-hydrogen) atoms. The third-order valence-corrected chi connectivity index (χ3v) is 13.7. The van der Waals surface area contributed by atoms with Gasteiger partial charge in [0, 0.05) is 36.3 Å². The Morgan fingerprint density at radius 1 is 0.533 bits per heavy atom. The fourth-order valence-electron chi connectivity index (χ4n) is 8.97. The van der Waals surface area contributed by atoms with Crippen molar-refractivity contribution in [1.82, 2.24) is 52.3 Å². The van der Waals surface area contributed by atoms with Crippen LogP contribution in [0.2, 0.25) is 0 Å². The van der Waals surface area contributed by atoms with Crippen molar-refractivity contribution in [1.29, 1.82) is 0 Å². The van der Waals surface area contributed by atoms with Crippen molar-refractivity contribution in [2.45, 2.75) is 142 Å². The van der Waals surface area contributed by atoms with Gasteiger partial charge in [-0.05, 0) is 94.8 Å². The summed E-state index contributed by atoms with van der Waals surface area (Å²) in [4.78, 5) is 115. The molecule has 412 valence electrons. The number of hydrogen-bond donors (Lipinski definition) is 9. The van der Waals surface area contributed by atoms with Gasteiger partial charge in [0.15, 0.2) is 0 Å². The second-order valence-electron chi connectivity index (χ2n) is 21.5. The molecule has 8 amide bonds. The van der Waals surface area contributed by atoms with Crippen molar-refractivity contribution in [2.75, 3.05) is 27.2 Å². The number of benzene rings is 3. The summed E-state index contributed by atoms with van der Waals surface area (Å²) in [5, 5.41) is 34.2. The lowest BCUT2D eigenvalue weighted by molar-refractivity contribution is -0.144. The van der Waals surface area contributed by atoms with Crippen LogP contribution in [0.25, 0.3) is 0 Å². The predicted octanol–water partition coefficient (Wildman–Crippen LogP) is 3.67. The van der Waals surface area contributed by atoms with Gasteiger partial charge in [-0.2, -0.15) is 0 Å². The molecule has 2 aliphatic heterocycles. The monoisotopic (exact) mass is 1080 g/mol. The maximum atomic E-state index is 14.6. The van der Waals surface area contributed by atoms with Gasteiger partial charge in [-0.3, -0.25) is 38.4 Å². The Kier molecular flexibility index (Phi) is 22.7. The Balaban J connectivity index is 0.00000741. The van der Waals surface area contributed by atoms with Crippen LogP contribution in [0.1, 0.15) is 126 Å². The van der Waals surface area contributed by atoms with Crippen LogP contribution in [0.15, 0.2) is 78.9 Å². The molecule has 0 spiro atoms. The largest absolute Gasteiger partial charge is 0.508 e. The van der Waals surface area contributed by atoms with Gasteiger partial charge < -0.3 is 57.4 Å². The molecule has 0 radical (unpaired) electrons. The number of amides is 8. The molecular formula is C54H78Cl2N10O9. The highest BCUT2D eigenvalue weighted by Gasteiger charge is 2.47. The van der Waals surface area contributed by atoms with Crippen LogP contribution in [0, 0.1) is 10.8 Å². The fourth-order valence-corrected chi connectivity index (χ4v) is 8.97. The van der Waals surface area contributed by atoms with E-state index in [1.54, 1.807) is 69.5 Å². The first-order valence-electron chi connectivity index (χ1n) is 25.0. The highest BCUT2D eigenvalue weighted by atomic mass is 35.5. The Bertz CT molecular complexity index is 2320. The average Bonchev–Trinajstić information content (AvgIpc) is 3.98. The summed E-state index contributed by atoms with van der Waals surface area (Å²) in [6.07, 6.45) is 0.0253. The van der Waals surface area contributed by atoms with Crippen molar-refractivity contribution in [3.8, 4) is 5.75 Å². The van der Waals surface area contributed by atoms with E-state index in [0.717, 1.165) is 11.1 Å². The minimum atomic E-state index is -1.05. The first-order valence-corrected chi connectivity index (χ1v) is 25.0. The van der Waals surface area contributed by atoms with Gasteiger partial charge in [-0.25, -0.2) is 0 Å². The molecule has 0 bridgehead atoms. The summed E-state index contributed by atoms with van der Waals surface area (Å²) < 4.78 is 0. The molecule has 1 unspecified atom stereocenters. The number of likely N-dealkylation sites (N-methyl/N-ethyl adjacent to an activating group) is 2. The van der Waals surface area contributed by atoms with Crippen LogP contribution < -0.4 is 42.5 Å². The number of rotatable bonds is 18. The van der Waals surface area contributed by atoms with E-state index in [4.69, 9.17) is 0 Å². The molecule has 9 N–H and O–H groups in total. The van der Waals surface area contributed by atoms with Crippen LogP contribution in [0.4, 0.5) is 0 Å². The Morgan fingerprint density at radius 3 is 1.17 bits per heavy atom. The number of aromatic hydroxyl groups is 1. The van der Waals surface area contributed by atoms with Gasteiger partial charge in [0.05, 0.1) is 24.2 Å². The summed E-state index contributed by atoms with van der Waals surface area (Å²) >= 11 is 0. The van der Waals surface area contributed by atoms with Crippen LogP contribution >= 0.6 is 24.8 Å². The third kappa shape index (κ3) is 16.4. The van der Waals surface area contributed by atoms with E-state index < -0.39 is 124 Å². The summed E-state index contributed by atoms with van der Waals surface area (Å²) in [5.41, 5.74) is -0.0666. The molecule has 0 saturated carbocycles. The van der Waals surface area contributed by atoms with Crippen LogP contribution in [0.5, 0.6) is 5.75 Å². The standard InChI is InChI=1S/C54H76N10O9.2ClH/c1-30(34-19-15-13-16-20-34)57-49(70)41-26-38(28-63(41)51(72)43(53(5,6)7)61-45(66)32(3)55-11)59-47(68)36-23-37(25-40(65)24-36)48(69)60-39-27-42(50(71)58-31(2)35-21-17-14-18-22-35)64(29-39)52(73)44(54(8,9)10)62-46(67)33(4)56-12;;/h13-25,30-33,38-39,41-44,55-56,65H,26-29H2,1-12H3,(H,57,70)(H,58,71)(H,59,68)(H,60,69)(H,61,66)(H,62,67);2*1H/t30-,31?,32+,33+,38+,39+,41+,42+,43-,44-;;/m1../s1. The number of nitrogens with one attached hydrogen (secondary N) is 8. The number of hydrogen-bond acceptors (Lipinski definition) is 11. The number of carbonyl (C=O) groups excluding carboxylic acids is 8. The highest BCUT2D eigenvalue weighted by molar-refractivity contribution is 6.01. The molecule has 2 aliphatic rings. The molecule has 2 fully saturated rings. The van der Waals surface area contributed by atoms with Crippen molar-refractivity contribution >= 4 is 72.1 Å². The third-order valence-electron chi connectivity index (χ3n) is 13.7. The summed E-state index contributed by atoms with van der Waals surface area (Å²) in [6.45, 7) is 17.6. The van der Waals surface area contributed by atoms with E-state index in [9.17, 15) is 43.5 Å². The van der Waals surface area contributed by atoms with E-state index in [1.165, 1.54) is 28.0 Å². The van der Waals surface area contributed by atoms with Gasteiger partial charge in [-0.15, -0.1) is 24.8 Å². The average molecular weight is 1080 g/mol. The molecule has 21 heteroatoms. The van der Waals surface area contributed by atoms with Gasteiger partial charge in [0.1, 0.15) is 29.9 Å². The number of phenols is 1. The van der Waals surface area contributed by atoms with Crippen LogP contribution in [-0.4, -0.2) is 138 Å². The number of halogens is 2. The molecule has 0 aromatic heterocycles. The zero-order valence-electron chi connectivity index (χ0n) is 45.0. The molecular weight excluding hydrogens is 1000 g/mol. The first-order chi connectivity index (χ1) is 34.2. The van der Waals surface area contributed by atoms with E-state index in [1.807, 2.05) is 74.5 Å². The van der Waals surface area contributed by atoms with Crippen molar-refractivity contribution in [3.63, 3.8) is 0 Å². The van der Waals surface area contributed by atoms with E-state index >= 15 is 0 Å². The number of nitrogens with zero attached hydrogens (tertiary/aromatic N) is 2. The minimum Gasteiger partial charge on any atom is -0.508 e. The number of likely N-dealkylation sites (tertiary alicyclic amines) is 2. The Morgan fingerprint density at radius 2 is 0.867 bits per heavy atom. The SMILES string of the molecule is CN[C@@H](C)C(=O)N[C@H](C(=O)N1C[C@@H](NC(=O)c2cc(O)cc(C(=O)N[C@H]3C[C@@H](C(=O)N[C@H](C)c4ccccc4)N(C(=O)[C@@H](NC(=O)[C@H](C)NC)C(C)(C)C)C3)c2)C[C@H]1C(=O)NC(C)c1ccccc1)C(C)(C)C.Cl.Cl. The molecule has 3 aromatic carbocycles. The molecule has 2 heterocycles. The molecule has 0 aliphatic carbocycles. The Hall–Kier alpha value is -6.28. The number of phenolic OH excluding ortho intramolecular Hbond substituents is 1. The number of carbonyl (C=O) groups is 8. The zero-order valence-corrected chi connectivity index (χ0v) is 46.7. The lowest BCUT2D eigenvalue weighted by Gasteiger charge is -2.36. The fraction of sp³-hybridized carbons (Fsp3) is 0.519. The molecule has 2 saturated heterocycles. The van der Waals surface area contributed by atoms with Gasteiger partial charge >= 0.3 is 0 Å². The van der Waals surface area contributed by atoms with E-state index in [0.29, 0.717) is 0 Å². The summed E-state index contributed by atoms with van der Waals surface area (Å²) in [5.74, 6) is -4.55. The lowest BCUT2D eigenvalue weighted by Crippen LogP contribution is -2.59. The summed E-state index contributed by atoms with van der Waals surface area (Å²) in [6, 6.07) is 14.5. The highest BCUT2D eigenvalue weighted by Crippen LogP contribution is 2.30. The van der Waals surface area contributed by atoms with Crippen LogP contribution in [-0.2, 0) is 28.8 Å². The molecule has 10 atom stereocenters. The normalized spacial score (nSPS) is 19.8. The quantitative estimate of drug-likeness (QED) is 0.0889. The molecule has 3 aromatic rings. The van der Waals surface area contributed by atoms with E-state index in [2.05, 4.69) is 42.5 Å². The Labute approximate surface area is 453 Å². The van der Waals surface area contributed by atoms with E-state index in [-0.39, 0.29) is 61.9 Å². The predicted molar refractivity (Wildman–Crippen MR) is 291 cm³/mol. The van der Waals surface area contributed by atoms with Crippen molar-refractivity contribution < 1.29 is 43.5 Å². The van der Waals surface area contributed by atoms with Crippen molar-refractivity contribution in [3.05, 3.63) is 101 Å². The smallest absolute Gasteiger partial charge is 0.251 e. The van der Waals surface area contributed by atoms with Gasteiger partial charge in [-0.1, -0.05) is 102 Å². The summed E-state index contributed by atoms with van der Waals surface area (Å²) in [7, 11) is 3.25. The first kappa shape index (κ1) is 63.0. The molecule has 5 rings (SSSR count). The van der Waals surface area contributed by atoms with Gasteiger partial charge in [0.25, 0.3) is 11.8 Å². The lowest BCUT2D eigenvalue weighted by atomic mass is 9.85. The second-order valence-corrected chi connectivity index (χ2v) is 21.5. The molecule has 19 nitrogen and oxygen atoms in total. The maximum Gasteiger partial charge on any atom is 0.251 e. The van der Waals surface area contributed by atoms with Gasteiger partial charge in [0.2, 0.25) is 35.4 Å². The zero-order chi connectivity index (χ0) is 54.1. The van der Waals surface area contributed by atoms with Crippen molar-refractivity contribution in [2.24, 2.45) is 10.8 Å². The van der Waals surface area contributed by atoms with Crippen LogP contribution in [0.3, 0.4) is 0 Å². The topological polar surface area (TPSA) is 260 Å². The maximum absolute atomic E-state index is 14.6. The minimum absolute atomic E-state index is 0.